The average Bonchev–Trinajstić information content (AvgIpc) is 3.39. The molecule has 44 heavy (non-hydrogen) atoms. The number of aromatic nitrogens is 1. The summed E-state index contributed by atoms with van der Waals surface area (Å²) in [5.74, 6) is -1.24. The number of nitrogens with one attached hydrogen (secondary N) is 4. The van der Waals surface area contributed by atoms with Gasteiger partial charge in [-0.05, 0) is 79.0 Å². The minimum absolute atomic E-state index is 0.0899. The lowest BCUT2D eigenvalue weighted by molar-refractivity contribution is -0.137. The van der Waals surface area contributed by atoms with Crippen LogP contribution < -0.4 is 16.0 Å². The fraction of sp³-hybridized carbons (Fsp3) is 0.343. The zero-order valence-electron chi connectivity index (χ0n) is 25.5. The molecule has 0 spiro atoms. The number of aryl methyl sites for hydroxylation is 2. The molecule has 0 bridgehead atoms. The van der Waals surface area contributed by atoms with Gasteiger partial charge in [0.25, 0.3) is 0 Å². The van der Waals surface area contributed by atoms with Crippen molar-refractivity contribution in [1.82, 2.24) is 10.3 Å². The molecule has 0 aliphatic carbocycles. The molecule has 2 atom stereocenters. The van der Waals surface area contributed by atoms with Crippen molar-refractivity contribution in [2.45, 2.75) is 71.4 Å². The molecule has 6 N–H and O–H groups in total. The standard InChI is InChI=1S/C35H42N4O5/c1-23-8-4-6-10-29(23)39-34(44)38-26-15-12-24(13-16-26)21-35(2,3)31(40)18-19-32(41)37-27(20-33(42)43)17-14-25-22-36-30-11-7-5-9-28(25)30/h4-13,15-16,22,27,31,36,40H,14,17-21H2,1-3H3,(H,37,41)(H,42,43)(H2,38,39,44). The molecule has 4 aromatic rings. The van der Waals surface area contributed by atoms with Crippen LogP contribution in [0.3, 0.4) is 0 Å². The number of aromatic amines is 1. The second-order valence-electron chi connectivity index (χ2n) is 12.1. The maximum atomic E-state index is 12.8. The van der Waals surface area contributed by atoms with Crippen LogP contribution >= 0.6 is 0 Å². The fourth-order valence-electron chi connectivity index (χ4n) is 5.41. The summed E-state index contributed by atoms with van der Waals surface area (Å²) >= 11 is 0. The third-order valence-electron chi connectivity index (χ3n) is 8.03. The molecule has 3 aromatic carbocycles. The van der Waals surface area contributed by atoms with Gasteiger partial charge >= 0.3 is 12.0 Å². The van der Waals surface area contributed by atoms with Crippen LogP contribution in [0.15, 0.2) is 79.0 Å². The number of para-hydroxylation sites is 2. The van der Waals surface area contributed by atoms with E-state index in [1.807, 2.05) is 99.8 Å². The van der Waals surface area contributed by atoms with Crippen molar-refractivity contribution in [3.05, 3.63) is 95.7 Å². The second-order valence-corrected chi connectivity index (χ2v) is 12.1. The van der Waals surface area contributed by atoms with E-state index < -0.39 is 23.5 Å². The highest BCUT2D eigenvalue weighted by Gasteiger charge is 2.29. The molecular formula is C35H42N4O5. The van der Waals surface area contributed by atoms with Crippen molar-refractivity contribution in [3.63, 3.8) is 0 Å². The van der Waals surface area contributed by atoms with Crippen LogP contribution in [0.5, 0.6) is 0 Å². The first-order chi connectivity index (χ1) is 21.0. The van der Waals surface area contributed by atoms with Crippen molar-refractivity contribution >= 4 is 40.2 Å². The summed E-state index contributed by atoms with van der Waals surface area (Å²) in [4.78, 5) is 39.9. The maximum Gasteiger partial charge on any atom is 0.323 e. The molecule has 2 unspecified atom stereocenters. The Labute approximate surface area is 258 Å². The number of aliphatic carboxylic acids is 1. The highest BCUT2D eigenvalue weighted by molar-refractivity contribution is 6.00. The van der Waals surface area contributed by atoms with Crippen molar-refractivity contribution in [2.24, 2.45) is 5.41 Å². The summed E-state index contributed by atoms with van der Waals surface area (Å²) in [5.41, 5.74) is 4.93. The van der Waals surface area contributed by atoms with Gasteiger partial charge in [-0.25, -0.2) is 4.79 Å². The summed E-state index contributed by atoms with van der Waals surface area (Å²) in [5, 5.41) is 30.0. The van der Waals surface area contributed by atoms with Gasteiger partial charge < -0.3 is 31.1 Å². The van der Waals surface area contributed by atoms with Crippen molar-refractivity contribution in [3.8, 4) is 0 Å². The van der Waals surface area contributed by atoms with Gasteiger partial charge in [-0.1, -0.05) is 62.4 Å². The van der Waals surface area contributed by atoms with Gasteiger partial charge in [-0.2, -0.15) is 0 Å². The normalized spacial score (nSPS) is 12.8. The number of carbonyl (C=O) groups excluding carboxylic acids is 2. The molecule has 4 rings (SSSR count). The number of hydrogen-bond acceptors (Lipinski definition) is 4. The van der Waals surface area contributed by atoms with Crippen molar-refractivity contribution in [1.29, 1.82) is 0 Å². The number of amides is 3. The lowest BCUT2D eigenvalue weighted by Gasteiger charge is -2.31. The number of H-pyrrole nitrogens is 1. The Morgan fingerprint density at radius 2 is 1.61 bits per heavy atom. The Balaban J connectivity index is 1.24. The summed E-state index contributed by atoms with van der Waals surface area (Å²) in [6.45, 7) is 5.83. The lowest BCUT2D eigenvalue weighted by atomic mass is 9.78. The first kappa shape index (κ1) is 32.3. The van der Waals surface area contributed by atoms with E-state index in [0.29, 0.717) is 24.9 Å². The molecule has 0 saturated heterocycles. The highest BCUT2D eigenvalue weighted by atomic mass is 16.4. The Hall–Kier alpha value is -4.63. The van der Waals surface area contributed by atoms with E-state index in [9.17, 15) is 24.6 Å². The molecule has 0 fully saturated rings. The Bertz CT molecular complexity index is 1580. The van der Waals surface area contributed by atoms with Gasteiger partial charge in [0.05, 0.1) is 12.5 Å². The van der Waals surface area contributed by atoms with Crippen LogP contribution in [0, 0.1) is 12.3 Å². The van der Waals surface area contributed by atoms with Gasteiger partial charge in [-0.15, -0.1) is 0 Å². The van der Waals surface area contributed by atoms with Gasteiger partial charge in [0.15, 0.2) is 0 Å². The minimum Gasteiger partial charge on any atom is -0.481 e. The lowest BCUT2D eigenvalue weighted by Crippen LogP contribution is -2.38. The number of carboxylic acid groups (broad SMARTS) is 1. The van der Waals surface area contributed by atoms with E-state index in [1.54, 1.807) is 0 Å². The maximum absolute atomic E-state index is 12.8. The molecule has 232 valence electrons. The van der Waals surface area contributed by atoms with Crippen LogP contribution in [0.25, 0.3) is 10.9 Å². The van der Waals surface area contributed by atoms with E-state index in [4.69, 9.17) is 0 Å². The number of benzene rings is 3. The first-order valence-corrected chi connectivity index (χ1v) is 15.0. The van der Waals surface area contributed by atoms with Crippen molar-refractivity contribution in [2.75, 3.05) is 10.6 Å². The molecule has 3 amide bonds. The number of fused-ring (bicyclic) bond motifs is 1. The summed E-state index contributed by atoms with van der Waals surface area (Å²) in [6.07, 6.45) is 3.03. The van der Waals surface area contributed by atoms with Gasteiger partial charge in [0.1, 0.15) is 0 Å². The highest BCUT2D eigenvalue weighted by Crippen LogP contribution is 2.29. The molecule has 9 heteroatoms. The molecule has 9 nitrogen and oxygen atoms in total. The SMILES string of the molecule is Cc1ccccc1NC(=O)Nc1ccc(CC(C)(C)C(O)CCC(=O)NC(CCc2c[nH]c3ccccc23)CC(=O)O)cc1. The first-order valence-electron chi connectivity index (χ1n) is 15.0. The molecule has 1 heterocycles. The third-order valence-corrected chi connectivity index (χ3v) is 8.03. The van der Waals surface area contributed by atoms with E-state index in [0.717, 1.165) is 33.3 Å². The van der Waals surface area contributed by atoms with E-state index >= 15 is 0 Å². The molecular weight excluding hydrogens is 556 g/mol. The number of anilines is 2. The van der Waals surface area contributed by atoms with E-state index in [-0.39, 0.29) is 31.2 Å². The van der Waals surface area contributed by atoms with Crippen LogP contribution in [0.1, 0.15) is 56.2 Å². The molecule has 0 saturated carbocycles. The second kappa shape index (κ2) is 14.7. The van der Waals surface area contributed by atoms with Gasteiger partial charge in [0, 0.05) is 40.9 Å². The van der Waals surface area contributed by atoms with E-state index in [2.05, 4.69) is 20.9 Å². The number of urea groups is 1. The largest absolute Gasteiger partial charge is 0.481 e. The fourth-order valence-corrected chi connectivity index (χ4v) is 5.41. The zero-order chi connectivity index (χ0) is 31.7. The number of rotatable bonds is 14. The number of aliphatic hydroxyl groups excluding tert-OH is 1. The van der Waals surface area contributed by atoms with Gasteiger partial charge in [0.2, 0.25) is 5.91 Å². The molecule has 1 aromatic heterocycles. The number of hydrogen-bond donors (Lipinski definition) is 6. The monoisotopic (exact) mass is 598 g/mol. The predicted molar refractivity (Wildman–Crippen MR) is 174 cm³/mol. The molecule has 0 aliphatic rings. The predicted octanol–water partition coefficient (Wildman–Crippen LogP) is 6.42. The average molecular weight is 599 g/mol. The van der Waals surface area contributed by atoms with Crippen LogP contribution in [0.2, 0.25) is 0 Å². The third kappa shape index (κ3) is 9.18. The quantitative estimate of drug-likeness (QED) is 0.0992. The van der Waals surface area contributed by atoms with E-state index in [1.165, 1.54) is 0 Å². The number of carboxylic acids is 1. The van der Waals surface area contributed by atoms with Gasteiger partial charge in [-0.3, -0.25) is 9.59 Å². The summed E-state index contributed by atoms with van der Waals surface area (Å²) in [7, 11) is 0. The van der Waals surface area contributed by atoms with Crippen LogP contribution in [0.4, 0.5) is 16.2 Å². The number of carbonyl (C=O) groups is 3. The van der Waals surface area contributed by atoms with Crippen LogP contribution in [-0.2, 0) is 22.4 Å². The minimum atomic E-state index is -0.969. The molecule has 0 aliphatic heterocycles. The number of aliphatic hydroxyl groups is 1. The van der Waals surface area contributed by atoms with Crippen molar-refractivity contribution < 1.29 is 24.6 Å². The zero-order valence-corrected chi connectivity index (χ0v) is 25.5. The smallest absolute Gasteiger partial charge is 0.323 e. The summed E-state index contributed by atoms with van der Waals surface area (Å²) in [6, 6.07) is 22.1. The Morgan fingerprint density at radius 3 is 2.34 bits per heavy atom. The summed E-state index contributed by atoms with van der Waals surface area (Å²) < 4.78 is 0. The Kier molecular flexibility index (Phi) is 10.8. The molecule has 0 radical (unpaired) electrons. The topological polar surface area (TPSA) is 144 Å². The van der Waals surface area contributed by atoms with Crippen LogP contribution in [-0.4, -0.2) is 45.3 Å². The Morgan fingerprint density at radius 1 is 0.909 bits per heavy atom.